The van der Waals surface area contributed by atoms with E-state index in [0.717, 1.165) is 43.6 Å². The van der Waals surface area contributed by atoms with Crippen LogP contribution in [0.25, 0.3) is 16.6 Å². The van der Waals surface area contributed by atoms with Gasteiger partial charge in [0.25, 0.3) is 21.6 Å². The highest BCUT2D eigenvalue weighted by atomic mass is 35.5. The van der Waals surface area contributed by atoms with Crippen molar-refractivity contribution in [2.45, 2.75) is 50.6 Å². The van der Waals surface area contributed by atoms with E-state index in [0.29, 0.717) is 35.4 Å². The van der Waals surface area contributed by atoms with Gasteiger partial charge in [-0.1, -0.05) is 43.2 Å². The summed E-state index contributed by atoms with van der Waals surface area (Å²) in [4.78, 5) is 40.8. The lowest BCUT2D eigenvalue weighted by Crippen LogP contribution is -2.47. The highest BCUT2D eigenvalue weighted by Crippen LogP contribution is 2.34. The largest absolute Gasteiger partial charge is 0.453 e. The first kappa shape index (κ1) is 43.5. The zero-order valence-electron chi connectivity index (χ0n) is 34.1. The minimum atomic E-state index is -4.68. The molecule has 0 atom stereocenters. The van der Waals surface area contributed by atoms with E-state index in [1.165, 1.54) is 35.2 Å². The first-order valence-electron chi connectivity index (χ1n) is 20.1. The highest BCUT2D eigenvalue weighted by molar-refractivity contribution is 7.90. The zero-order chi connectivity index (χ0) is 43.3. The summed E-state index contributed by atoms with van der Waals surface area (Å²) in [7, 11) is -4.68. The summed E-state index contributed by atoms with van der Waals surface area (Å²) in [6.45, 7) is 10.4. The molecule has 7 rings (SSSR count). The molecule has 0 radical (unpaired) electrons. The number of aromatic amines is 1. The van der Waals surface area contributed by atoms with Crippen molar-refractivity contribution in [3.63, 3.8) is 0 Å². The molecule has 2 aromatic carbocycles. The fourth-order valence-corrected chi connectivity index (χ4v) is 8.63. The second-order valence-electron chi connectivity index (χ2n) is 15.8. The number of benzene rings is 2. The molecule has 5 heterocycles. The third kappa shape index (κ3) is 10.6. The second-order valence-corrected chi connectivity index (χ2v) is 18.0. The molecule has 322 valence electrons. The number of H-pyrrole nitrogens is 1. The zero-order valence-corrected chi connectivity index (χ0v) is 35.7. The molecular formula is C43H48ClFN8O7S. The number of nitro groups is 1. The molecule has 0 unspecified atom stereocenters. The topological polar surface area (TPSA) is 185 Å². The lowest BCUT2D eigenvalue weighted by molar-refractivity contribution is -0.384. The third-order valence-corrected chi connectivity index (χ3v) is 12.4. The van der Waals surface area contributed by atoms with E-state index >= 15 is 4.39 Å². The molecule has 2 aliphatic rings. The van der Waals surface area contributed by atoms with Crippen molar-refractivity contribution < 1.29 is 32.0 Å². The molecule has 3 N–H and O–H groups in total. The number of ether oxygens (including phenoxy) is 2. The number of anilines is 2. The van der Waals surface area contributed by atoms with Crippen LogP contribution in [-0.4, -0.2) is 97.3 Å². The SMILES string of the molecule is C/C(CN1CCN(c2cnc(C(=O)NS(=O)(=O)c3ccc(NCC4(F)CCOCC4)c([N+](=O)[O-])c3)c(Oc3cnc4[nH]ccc4c3)c2)CC1)=C(\CC(C)C)c1ccc(Cl)cc1. The number of carbonyl (C=O) groups excluding carboxylic acids is 1. The van der Waals surface area contributed by atoms with E-state index in [2.05, 4.69) is 63.0 Å². The van der Waals surface area contributed by atoms with Gasteiger partial charge in [-0.2, -0.15) is 0 Å². The van der Waals surface area contributed by atoms with Gasteiger partial charge >= 0.3 is 0 Å². The number of hydrogen-bond donors (Lipinski definition) is 3. The minimum Gasteiger partial charge on any atom is -0.453 e. The minimum absolute atomic E-state index is 0.0248. The lowest BCUT2D eigenvalue weighted by Gasteiger charge is -2.36. The molecule has 2 saturated heterocycles. The maximum Gasteiger partial charge on any atom is 0.293 e. The molecule has 0 aliphatic carbocycles. The fraction of sp³-hybridized carbons (Fsp3) is 0.372. The molecule has 18 heteroatoms. The van der Waals surface area contributed by atoms with Crippen LogP contribution in [0.15, 0.2) is 89.7 Å². The van der Waals surface area contributed by atoms with Gasteiger partial charge in [-0.25, -0.2) is 27.5 Å². The predicted molar refractivity (Wildman–Crippen MR) is 233 cm³/mol. The van der Waals surface area contributed by atoms with Crippen molar-refractivity contribution >= 4 is 61.2 Å². The van der Waals surface area contributed by atoms with Gasteiger partial charge in [0.05, 0.1) is 27.9 Å². The van der Waals surface area contributed by atoms with E-state index in [9.17, 15) is 23.3 Å². The van der Waals surface area contributed by atoms with Gasteiger partial charge in [0.2, 0.25) is 0 Å². The van der Waals surface area contributed by atoms with Crippen LogP contribution in [0.1, 0.15) is 56.1 Å². The summed E-state index contributed by atoms with van der Waals surface area (Å²) in [5, 5.41) is 16.2. The van der Waals surface area contributed by atoms with Crippen LogP contribution in [0.3, 0.4) is 0 Å². The number of hydrogen-bond acceptors (Lipinski definition) is 12. The number of nitrogens with one attached hydrogen (secondary N) is 3. The Bertz CT molecular complexity index is 2540. The van der Waals surface area contributed by atoms with Crippen molar-refractivity contribution in [2.24, 2.45) is 5.92 Å². The Morgan fingerprint density at radius 2 is 1.79 bits per heavy atom. The van der Waals surface area contributed by atoms with Crippen LogP contribution >= 0.6 is 11.6 Å². The summed E-state index contributed by atoms with van der Waals surface area (Å²) < 4.78 is 55.8. The number of nitro benzene ring substituents is 1. The summed E-state index contributed by atoms with van der Waals surface area (Å²) in [6, 6.07) is 16.2. The van der Waals surface area contributed by atoms with Crippen LogP contribution in [0.4, 0.5) is 21.5 Å². The molecule has 5 aromatic rings. The second kappa shape index (κ2) is 18.6. The molecule has 0 bridgehead atoms. The van der Waals surface area contributed by atoms with Gasteiger partial charge in [-0.3, -0.25) is 19.8 Å². The van der Waals surface area contributed by atoms with Crippen LogP contribution in [0, 0.1) is 16.0 Å². The van der Waals surface area contributed by atoms with Crippen molar-refractivity contribution in [3.05, 3.63) is 111 Å². The number of carbonyl (C=O) groups is 1. The van der Waals surface area contributed by atoms with Crippen molar-refractivity contribution in [1.29, 1.82) is 0 Å². The molecule has 61 heavy (non-hydrogen) atoms. The molecule has 2 aliphatic heterocycles. The first-order valence-corrected chi connectivity index (χ1v) is 21.9. The van der Waals surface area contributed by atoms with Crippen molar-refractivity contribution in [1.82, 2.24) is 24.6 Å². The monoisotopic (exact) mass is 874 g/mol. The number of nitrogens with zero attached hydrogens (tertiary/aromatic N) is 5. The quantitative estimate of drug-likeness (QED) is 0.0681. The lowest BCUT2D eigenvalue weighted by atomic mass is 9.92. The number of aromatic nitrogens is 3. The van der Waals surface area contributed by atoms with Gasteiger partial charge in [-0.15, -0.1) is 0 Å². The molecule has 0 saturated carbocycles. The van der Waals surface area contributed by atoms with Gasteiger partial charge in [0, 0.05) is 94.1 Å². The van der Waals surface area contributed by atoms with Crippen LogP contribution in [-0.2, 0) is 14.8 Å². The summed E-state index contributed by atoms with van der Waals surface area (Å²) in [6.07, 6.45) is 5.86. The van der Waals surface area contributed by atoms with E-state index in [1.807, 2.05) is 22.9 Å². The van der Waals surface area contributed by atoms with E-state index in [-0.39, 0.29) is 55.5 Å². The molecule has 15 nitrogen and oxygen atoms in total. The Morgan fingerprint density at radius 1 is 1.05 bits per heavy atom. The van der Waals surface area contributed by atoms with Crippen molar-refractivity contribution in [2.75, 3.05) is 62.7 Å². The molecule has 1 amide bonds. The standard InChI is InChI=1S/C43H48ClFN8O7S/c1-28(2)20-36(30-4-6-32(44)7-5-30)29(3)26-51-14-16-52(17-15-51)33-22-39(60-34-21-31-10-13-46-41(31)48-25-34)40(47-24-33)42(54)50-61(57,58)35-8-9-37(38(23-35)53(55)56)49-27-43(45)11-18-59-19-12-43/h4-10,13,21-25,28,49H,11-12,14-20,26-27H2,1-3H3,(H,46,48)(H,50,54)/b36-29-. The molecule has 3 aromatic heterocycles. The number of halogens is 2. The number of allylic oxidation sites excluding steroid dienone is 1. The number of piperazine rings is 1. The van der Waals surface area contributed by atoms with Gasteiger partial charge in [0.1, 0.15) is 22.8 Å². The molecular weight excluding hydrogens is 827 g/mol. The number of rotatable bonds is 15. The number of fused-ring (bicyclic) bond motifs is 1. The predicted octanol–water partition coefficient (Wildman–Crippen LogP) is 8.00. The highest BCUT2D eigenvalue weighted by Gasteiger charge is 2.33. The average Bonchev–Trinajstić information content (AvgIpc) is 3.71. The van der Waals surface area contributed by atoms with Crippen LogP contribution in [0.5, 0.6) is 11.5 Å². The first-order chi connectivity index (χ1) is 29.2. The van der Waals surface area contributed by atoms with Gasteiger partial charge in [0.15, 0.2) is 11.4 Å². The maximum atomic E-state index is 15.2. The number of sulfonamides is 1. The Labute approximate surface area is 358 Å². The molecule has 2 fully saturated rings. The van der Waals surface area contributed by atoms with Crippen LogP contribution in [0.2, 0.25) is 5.02 Å². The smallest absolute Gasteiger partial charge is 0.293 e. The Kier molecular flexibility index (Phi) is 13.2. The third-order valence-electron chi connectivity index (χ3n) is 10.9. The van der Waals surface area contributed by atoms with E-state index in [4.69, 9.17) is 21.1 Å². The number of pyridine rings is 2. The summed E-state index contributed by atoms with van der Waals surface area (Å²) in [5.74, 6) is -0.390. The van der Waals surface area contributed by atoms with Crippen LogP contribution < -0.4 is 19.7 Å². The number of amides is 1. The normalized spacial score (nSPS) is 16.3. The maximum absolute atomic E-state index is 15.2. The average molecular weight is 875 g/mol. The molecule has 0 spiro atoms. The van der Waals surface area contributed by atoms with Gasteiger partial charge in [-0.05, 0) is 66.8 Å². The van der Waals surface area contributed by atoms with E-state index in [1.54, 1.807) is 18.3 Å². The Hall–Kier alpha value is -5.62. The van der Waals surface area contributed by atoms with E-state index < -0.39 is 37.1 Å². The number of alkyl halides is 1. The summed E-state index contributed by atoms with van der Waals surface area (Å²) >= 11 is 6.19. The van der Waals surface area contributed by atoms with Crippen molar-refractivity contribution in [3.8, 4) is 11.5 Å². The van der Waals surface area contributed by atoms with Gasteiger partial charge < -0.3 is 24.7 Å². The Morgan fingerprint density at radius 3 is 2.49 bits per heavy atom. The fourth-order valence-electron chi connectivity index (χ4n) is 7.53. The Balaban J connectivity index is 1.09. The summed E-state index contributed by atoms with van der Waals surface area (Å²) in [5.41, 5.74) is 2.41.